The maximum atomic E-state index is 12.7. The quantitative estimate of drug-likeness (QED) is 0.445. The molecule has 4 rings (SSSR count). The number of nitrogens with zero attached hydrogens (tertiary/aromatic N) is 2. The number of carbonyl (C=O) groups is 2. The molecule has 1 aromatic carbocycles. The minimum absolute atomic E-state index is 0.143. The molecule has 0 radical (unpaired) electrons. The number of hydrogen-bond donors (Lipinski definition) is 3. The molecule has 0 atom stereocenters. The minimum atomic E-state index is -0.233. The first kappa shape index (κ1) is 21.7. The molecule has 0 bridgehead atoms. The van der Waals surface area contributed by atoms with Gasteiger partial charge in [-0.15, -0.1) is 0 Å². The van der Waals surface area contributed by atoms with E-state index in [9.17, 15) is 9.59 Å². The molecule has 2 saturated heterocycles. The molecule has 2 amide bonds. The van der Waals surface area contributed by atoms with E-state index in [1.54, 1.807) is 30.3 Å². The van der Waals surface area contributed by atoms with Crippen LogP contribution in [0.4, 0.5) is 0 Å². The van der Waals surface area contributed by atoms with Gasteiger partial charge < -0.3 is 14.8 Å². The summed E-state index contributed by atoms with van der Waals surface area (Å²) in [7, 11) is 0. The van der Waals surface area contributed by atoms with Crippen LogP contribution in [0.15, 0.2) is 45.7 Å². The monoisotopic (exact) mass is 458 g/mol. The predicted octanol–water partition coefficient (Wildman–Crippen LogP) is 1.69. The highest BCUT2D eigenvalue weighted by atomic mass is 32.2. The SMILES string of the molecule is O=C1NC(=S)S/C1=C\c1ccc(-c2cccc(C(=O)NN3CCN(CCO)CC3)c2)o1. The third-order valence-electron chi connectivity index (χ3n) is 5.00. The molecule has 0 unspecified atom stereocenters. The first-order chi connectivity index (χ1) is 15.0. The summed E-state index contributed by atoms with van der Waals surface area (Å²) in [6, 6.07) is 10.8. The zero-order valence-corrected chi connectivity index (χ0v) is 18.3. The fourth-order valence-electron chi connectivity index (χ4n) is 3.38. The number of piperazine rings is 1. The van der Waals surface area contributed by atoms with E-state index >= 15 is 0 Å². The van der Waals surface area contributed by atoms with Crippen molar-refractivity contribution in [1.29, 1.82) is 0 Å². The summed E-state index contributed by atoms with van der Waals surface area (Å²) in [4.78, 5) is 27.2. The largest absolute Gasteiger partial charge is 0.457 e. The van der Waals surface area contributed by atoms with Crippen molar-refractivity contribution in [3.63, 3.8) is 0 Å². The molecule has 0 aliphatic carbocycles. The zero-order valence-electron chi connectivity index (χ0n) is 16.7. The highest BCUT2D eigenvalue weighted by Gasteiger charge is 2.23. The van der Waals surface area contributed by atoms with Crippen LogP contribution in [-0.4, -0.2) is 70.5 Å². The second-order valence-electron chi connectivity index (χ2n) is 7.13. The van der Waals surface area contributed by atoms with Gasteiger partial charge in [-0.2, -0.15) is 0 Å². The van der Waals surface area contributed by atoms with Gasteiger partial charge in [-0.1, -0.05) is 36.1 Å². The van der Waals surface area contributed by atoms with Gasteiger partial charge in [0, 0.05) is 49.9 Å². The average Bonchev–Trinajstić information content (AvgIpc) is 3.36. The van der Waals surface area contributed by atoms with Crippen LogP contribution in [-0.2, 0) is 4.79 Å². The number of thiocarbonyl (C=S) groups is 1. The van der Waals surface area contributed by atoms with Crippen LogP contribution in [0.25, 0.3) is 17.4 Å². The Morgan fingerprint density at radius 3 is 2.77 bits per heavy atom. The molecule has 31 heavy (non-hydrogen) atoms. The summed E-state index contributed by atoms with van der Waals surface area (Å²) in [5, 5.41) is 13.5. The Labute approximate surface area is 189 Å². The van der Waals surface area contributed by atoms with Crippen molar-refractivity contribution in [2.75, 3.05) is 39.3 Å². The van der Waals surface area contributed by atoms with Crippen molar-refractivity contribution < 1.29 is 19.1 Å². The number of aliphatic hydroxyl groups is 1. The van der Waals surface area contributed by atoms with E-state index in [0.29, 0.717) is 45.9 Å². The Morgan fingerprint density at radius 2 is 2.06 bits per heavy atom. The van der Waals surface area contributed by atoms with Crippen LogP contribution < -0.4 is 10.7 Å². The fraction of sp³-hybridized carbons (Fsp3) is 0.286. The van der Waals surface area contributed by atoms with E-state index in [2.05, 4.69) is 15.6 Å². The van der Waals surface area contributed by atoms with Crippen LogP contribution in [0.2, 0.25) is 0 Å². The first-order valence-electron chi connectivity index (χ1n) is 9.86. The third kappa shape index (κ3) is 5.41. The second-order valence-corrected chi connectivity index (χ2v) is 8.85. The van der Waals surface area contributed by atoms with Gasteiger partial charge in [-0.3, -0.25) is 19.9 Å². The molecule has 10 heteroatoms. The highest BCUT2D eigenvalue weighted by Crippen LogP contribution is 2.29. The second kappa shape index (κ2) is 9.75. The number of amides is 2. The van der Waals surface area contributed by atoms with Crippen molar-refractivity contribution >= 4 is 46.2 Å². The van der Waals surface area contributed by atoms with Crippen LogP contribution in [0, 0.1) is 0 Å². The number of hydrazine groups is 1. The highest BCUT2D eigenvalue weighted by molar-refractivity contribution is 8.26. The van der Waals surface area contributed by atoms with Gasteiger partial charge >= 0.3 is 0 Å². The van der Waals surface area contributed by atoms with E-state index in [-0.39, 0.29) is 18.4 Å². The van der Waals surface area contributed by atoms with Crippen molar-refractivity contribution in [2.24, 2.45) is 0 Å². The summed E-state index contributed by atoms with van der Waals surface area (Å²) >= 11 is 6.19. The lowest BCUT2D eigenvalue weighted by molar-refractivity contribution is -0.115. The number of rotatable bonds is 6. The molecule has 3 N–H and O–H groups in total. The van der Waals surface area contributed by atoms with Crippen molar-refractivity contribution in [2.45, 2.75) is 0 Å². The number of β-amino-alcohol motifs (C(OH)–C–C–N with tert-alkyl or cyclic N) is 1. The smallest absolute Gasteiger partial charge is 0.265 e. The van der Waals surface area contributed by atoms with Crippen LogP contribution in [0.1, 0.15) is 16.1 Å². The Kier molecular flexibility index (Phi) is 6.83. The third-order valence-corrected chi connectivity index (χ3v) is 6.16. The summed E-state index contributed by atoms with van der Waals surface area (Å²) < 4.78 is 6.28. The number of carbonyl (C=O) groups excluding carboxylic acids is 2. The van der Waals surface area contributed by atoms with E-state index in [0.717, 1.165) is 18.7 Å². The number of aliphatic hydroxyl groups excluding tert-OH is 1. The Bertz CT molecular complexity index is 1030. The minimum Gasteiger partial charge on any atom is -0.457 e. The van der Waals surface area contributed by atoms with Crippen LogP contribution >= 0.6 is 24.0 Å². The van der Waals surface area contributed by atoms with E-state index in [1.165, 1.54) is 11.8 Å². The molecular formula is C21H22N4O4S2. The molecule has 2 fully saturated rings. The lowest BCUT2D eigenvalue weighted by Crippen LogP contribution is -2.53. The average molecular weight is 459 g/mol. The molecule has 3 heterocycles. The first-order valence-corrected chi connectivity index (χ1v) is 11.1. The molecule has 8 nitrogen and oxygen atoms in total. The standard InChI is InChI=1S/C21H22N4O4S2/c26-11-10-24-6-8-25(9-7-24)23-19(27)15-3-1-2-14(12-15)17-5-4-16(29-17)13-18-20(28)22-21(30)31-18/h1-5,12-13,26H,6-11H2,(H,23,27)(H,22,28,30)/b18-13-. The van der Waals surface area contributed by atoms with Crippen LogP contribution in [0.3, 0.4) is 0 Å². The van der Waals surface area contributed by atoms with Gasteiger partial charge in [0.05, 0.1) is 11.5 Å². The van der Waals surface area contributed by atoms with Gasteiger partial charge in [0.15, 0.2) is 0 Å². The van der Waals surface area contributed by atoms with E-state index in [4.69, 9.17) is 21.7 Å². The maximum absolute atomic E-state index is 12.7. The van der Waals surface area contributed by atoms with Crippen LogP contribution in [0.5, 0.6) is 0 Å². The fourth-order valence-corrected chi connectivity index (χ4v) is 4.41. The Hall–Kier alpha value is -2.50. The normalized spacial score (nSPS) is 19.1. The summed E-state index contributed by atoms with van der Waals surface area (Å²) in [5.41, 5.74) is 4.24. The lowest BCUT2D eigenvalue weighted by atomic mass is 10.1. The van der Waals surface area contributed by atoms with Gasteiger partial charge in [-0.25, -0.2) is 5.01 Å². The van der Waals surface area contributed by atoms with Crippen molar-refractivity contribution in [3.8, 4) is 11.3 Å². The maximum Gasteiger partial charge on any atom is 0.265 e. The van der Waals surface area contributed by atoms with E-state index in [1.807, 2.05) is 17.1 Å². The lowest BCUT2D eigenvalue weighted by Gasteiger charge is -2.34. The predicted molar refractivity (Wildman–Crippen MR) is 123 cm³/mol. The summed E-state index contributed by atoms with van der Waals surface area (Å²) in [6.45, 7) is 3.80. The molecule has 162 valence electrons. The molecule has 0 spiro atoms. The molecule has 2 aliphatic rings. The van der Waals surface area contributed by atoms with Crippen molar-refractivity contribution in [3.05, 3.63) is 52.6 Å². The number of hydrogen-bond acceptors (Lipinski definition) is 8. The summed E-state index contributed by atoms with van der Waals surface area (Å²) in [6.07, 6.45) is 1.65. The molecule has 1 aromatic heterocycles. The van der Waals surface area contributed by atoms with E-state index < -0.39 is 0 Å². The Morgan fingerprint density at radius 1 is 1.26 bits per heavy atom. The molecule has 2 aliphatic heterocycles. The van der Waals surface area contributed by atoms with Gasteiger partial charge in [0.1, 0.15) is 15.8 Å². The number of benzene rings is 1. The summed E-state index contributed by atoms with van der Waals surface area (Å²) in [5.74, 6) is 0.723. The number of thioether (sulfide) groups is 1. The van der Waals surface area contributed by atoms with Gasteiger partial charge in [-0.05, 0) is 24.3 Å². The number of furan rings is 1. The van der Waals surface area contributed by atoms with Gasteiger partial charge in [0.2, 0.25) is 0 Å². The topological polar surface area (TPSA) is 98.1 Å². The Balaban J connectivity index is 1.41. The molecule has 0 saturated carbocycles. The molecule has 2 aromatic rings. The number of nitrogens with one attached hydrogen (secondary N) is 2. The zero-order chi connectivity index (χ0) is 21.8. The molecular weight excluding hydrogens is 436 g/mol. The van der Waals surface area contributed by atoms with Crippen molar-refractivity contribution in [1.82, 2.24) is 20.7 Å². The van der Waals surface area contributed by atoms with Gasteiger partial charge in [0.25, 0.3) is 11.8 Å².